The van der Waals surface area contributed by atoms with Crippen molar-refractivity contribution in [1.29, 1.82) is 0 Å². The summed E-state index contributed by atoms with van der Waals surface area (Å²) in [6.07, 6.45) is 2.31. The Bertz CT molecular complexity index is 311. The molecule has 1 N–H and O–H groups in total. The van der Waals surface area contributed by atoms with E-state index in [4.69, 9.17) is 0 Å². The van der Waals surface area contributed by atoms with Crippen LogP contribution in [0.15, 0.2) is 42.1 Å². The molecule has 1 rings (SSSR count). The second kappa shape index (κ2) is 5.28. The zero-order chi connectivity index (χ0) is 11.3. The maximum atomic E-state index is 9.80. The van der Waals surface area contributed by atoms with Crippen molar-refractivity contribution in [2.45, 2.75) is 32.2 Å². The highest BCUT2D eigenvalue weighted by Gasteiger charge is 2.08. The summed E-state index contributed by atoms with van der Waals surface area (Å²) in [6, 6.07) is 10.1. The number of aliphatic hydroxyl groups is 1. The van der Waals surface area contributed by atoms with E-state index in [-0.39, 0.29) is 6.10 Å². The number of hydrogen-bond donors (Lipinski definition) is 1. The van der Waals surface area contributed by atoms with Gasteiger partial charge < -0.3 is 5.11 Å². The van der Waals surface area contributed by atoms with Crippen molar-refractivity contribution in [3.63, 3.8) is 0 Å². The molecule has 0 bridgehead atoms. The third kappa shape index (κ3) is 5.55. The fourth-order valence-electron chi connectivity index (χ4n) is 1.32. The normalized spacial score (nSPS) is 14.4. The first-order valence-electron chi connectivity index (χ1n) is 5.39. The summed E-state index contributed by atoms with van der Waals surface area (Å²) in [6.45, 7) is 6.79. The van der Waals surface area contributed by atoms with Gasteiger partial charge in [-0.2, -0.15) is 0 Å². The van der Waals surface area contributed by atoms with Crippen molar-refractivity contribution in [2.75, 3.05) is 0 Å². The van der Waals surface area contributed by atoms with E-state index in [0.717, 1.165) is 0 Å². The lowest BCUT2D eigenvalue weighted by molar-refractivity contribution is 0.224. The maximum absolute atomic E-state index is 9.80. The van der Waals surface area contributed by atoms with Gasteiger partial charge in [0.2, 0.25) is 0 Å². The van der Waals surface area contributed by atoms with E-state index in [1.807, 2.05) is 36.4 Å². The molecule has 0 radical (unpaired) electrons. The molecular weight excluding hydrogens is 200 g/mol. The molecule has 0 aliphatic carbocycles. The summed E-state index contributed by atoms with van der Waals surface area (Å²) in [5.41, 5.74) is 3.38. The van der Waals surface area contributed by atoms with Crippen LogP contribution in [-0.2, 0) is 6.42 Å². The molecule has 0 aliphatic heterocycles. The molecule has 0 saturated heterocycles. The van der Waals surface area contributed by atoms with E-state index in [2.05, 4.69) is 25.3 Å². The second-order valence-corrected chi connectivity index (χ2v) is 10.0. The predicted octanol–water partition coefficient (Wildman–Crippen LogP) is 3.02. The Kier molecular flexibility index (Phi) is 4.30. The van der Waals surface area contributed by atoms with E-state index in [0.29, 0.717) is 6.42 Å². The van der Waals surface area contributed by atoms with Crippen LogP contribution in [0, 0.1) is 0 Å². The van der Waals surface area contributed by atoms with Crippen LogP contribution in [0.1, 0.15) is 5.56 Å². The van der Waals surface area contributed by atoms with Crippen LogP contribution in [0.2, 0.25) is 19.6 Å². The third-order valence-electron chi connectivity index (χ3n) is 2.11. The van der Waals surface area contributed by atoms with Gasteiger partial charge in [0.15, 0.2) is 0 Å². The molecule has 0 aliphatic rings. The van der Waals surface area contributed by atoms with Gasteiger partial charge >= 0.3 is 0 Å². The Morgan fingerprint density at radius 3 is 2.33 bits per heavy atom. The predicted molar refractivity (Wildman–Crippen MR) is 68.6 cm³/mol. The highest BCUT2D eigenvalue weighted by atomic mass is 28.3. The second-order valence-electron chi connectivity index (χ2n) is 4.98. The van der Waals surface area contributed by atoms with E-state index in [1.165, 1.54) is 5.56 Å². The molecule has 0 amide bonds. The van der Waals surface area contributed by atoms with Crippen LogP contribution in [-0.4, -0.2) is 19.3 Å². The molecule has 0 heterocycles. The Hall–Kier alpha value is -0.863. The zero-order valence-electron chi connectivity index (χ0n) is 9.77. The molecule has 2 heteroatoms. The molecule has 1 nitrogen and oxygen atoms in total. The lowest BCUT2D eigenvalue weighted by atomic mass is 10.1. The Morgan fingerprint density at radius 2 is 1.80 bits per heavy atom. The molecule has 1 aromatic rings. The lowest BCUT2D eigenvalue weighted by Crippen LogP contribution is -2.17. The van der Waals surface area contributed by atoms with Crippen LogP contribution in [0.5, 0.6) is 0 Å². The molecule has 82 valence electrons. The topological polar surface area (TPSA) is 20.2 Å². The van der Waals surface area contributed by atoms with Crippen molar-refractivity contribution in [3.05, 3.63) is 47.7 Å². The molecule has 15 heavy (non-hydrogen) atoms. The third-order valence-corrected chi connectivity index (χ3v) is 3.30. The van der Waals surface area contributed by atoms with Gasteiger partial charge in [-0.15, -0.1) is 0 Å². The largest absolute Gasteiger partial charge is 0.389 e. The Balaban J connectivity index is 2.50. The fourth-order valence-corrected chi connectivity index (χ4v) is 2.12. The lowest BCUT2D eigenvalue weighted by Gasteiger charge is -2.11. The van der Waals surface area contributed by atoms with Gasteiger partial charge in [-0.3, -0.25) is 0 Å². The molecule has 0 saturated carbocycles. The van der Waals surface area contributed by atoms with Gasteiger partial charge in [0.05, 0.1) is 14.2 Å². The van der Waals surface area contributed by atoms with Crippen molar-refractivity contribution in [1.82, 2.24) is 0 Å². The van der Waals surface area contributed by atoms with Crippen molar-refractivity contribution < 1.29 is 5.11 Å². The zero-order valence-corrected chi connectivity index (χ0v) is 10.8. The van der Waals surface area contributed by atoms with E-state index in [1.54, 1.807) is 0 Å². The number of rotatable bonds is 4. The molecule has 0 aromatic heterocycles. The van der Waals surface area contributed by atoms with Crippen molar-refractivity contribution in [2.24, 2.45) is 0 Å². The average Bonchev–Trinajstić information content (AvgIpc) is 2.15. The molecule has 1 atom stereocenters. The van der Waals surface area contributed by atoms with Crippen LogP contribution >= 0.6 is 0 Å². The average molecular weight is 220 g/mol. The van der Waals surface area contributed by atoms with Crippen LogP contribution < -0.4 is 0 Å². The van der Waals surface area contributed by atoms with E-state index < -0.39 is 8.07 Å². The molecule has 0 unspecified atom stereocenters. The first kappa shape index (κ1) is 12.2. The van der Waals surface area contributed by atoms with Gasteiger partial charge in [-0.1, -0.05) is 61.7 Å². The molecular formula is C13H20OSi. The summed E-state index contributed by atoms with van der Waals surface area (Å²) in [5, 5.41) is 9.80. The summed E-state index contributed by atoms with van der Waals surface area (Å²) >= 11 is 0. The summed E-state index contributed by atoms with van der Waals surface area (Å²) < 4.78 is 0. The first-order valence-corrected chi connectivity index (χ1v) is 8.96. The van der Waals surface area contributed by atoms with Gasteiger partial charge in [-0.25, -0.2) is 0 Å². The van der Waals surface area contributed by atoms with Crippen LogP contribution in [0.25, 0.3) is 0 Å². The Labute approximate surface area is 93.5 Å². The standard InChI is InChI=1S/C13H20OSi/c1-15(2,3)10-9-13(14)11-12-7-5-4-6-8-12/h4-10,13-14H,11H2,1-3H3/b10-9+/t13-/m0/s1. The number of hydrogen-bond acceptors (Lipinski definition) is 1. The SMILES string of the molecule is C[Si](C)(C)/C=C/[C@H](O)Cc1ccccc1. The van der Waals surface area contributed by atoms with E-state index in [9.17, 15) is 5.11 Å². The summed E-state index contributed by atoms with van der Waals surface area (Å²) in [4.78, 5) is 0. The van der Waals surface area contributed by atoms with E-state index >= 15 is 0 Å². The van der Waals surface area contributed by atoms with Crippen molar-refractivity contribution >= 4 is 8.07 Å². The van der Waals surface area contributed by atoms with Crippen LogP contribution in [0.3, 0.4) is 0 Å². The monoisotopic (exact) mass is 220 g/mol. The number of aliphatic hydroxyl groups excluding tert-OH is 1. The fraction of sp³-hybridized carbons (Fsp3) is 0.385. The van der Waals surface area contributed by atoms with Crippen molar-refractivity contribution in [3.8, 4) is 0 Å². The molecule has 1 aromatic carbocycles. The minimum Gasteiger partial charge on any atom is -0.389 e. The first-order chi connectivity index (χ1) is 6.97. The smallest absolute Gasteiger partial charge is 0.0757 e. The van der Waals surface area contributed by atoms with Gasteiger partial charge in [-0.05, 0) is 5.56 Å². The van der Waals surface area contributed by atoms with Gasteiger partial charge in [0.1, 0.15) is 0 Å². The summed E-state index contributed by atoms with van der Waals surface area (Å²) in [7, 11) is -1.18. The van der Waals surface area contributed by atoms with Gasteiger partial charge in [0.25, 0.3) is 0 Å². The molecule has 0 spiro atoms. The number of benzene rings is 1. The minimum absolute atomic E-state index is 0.348. The Morgan fingerprint density at radius 1 is 1.20 bits per heavy atom. The highest BCUT2D eigenvalue weighted by molar-refractivity contribution is 6.80. The molecule has 0 fully saturated rings. The van der Waals surface area contributed by atoms with Gasteiger partial charge in [0, 0.05) is 6.42 Å². The minimum atomic E-state index is -1.18. The highest BCUT2D eigenvalue weighted by Crippen LogP contribution is 2.07. The van der Waals surface area contributed by atoms with Crippen LogP contribution in [0.4, 0.5) is 0 Å². The summed E-state index contributed by atoms with van der Waals surface area (Å²) in [5.74, 6) is 0. The maximum Gasteiger partial charge on any atom is 0.0757 e. The quantitative estimate of drug-likeness (QED) is 0.773.